The first-order valence-corrected chi connectivity index (χ1v) is 7.17. The maximum Gasteiger partial charge on any atom is 0.240 e. The van der Waals surface area contributed by atoms with Crippen LogP contribution in [-0.4, -0.2) is 58.7 Å². The molecule has 1 aliphatic carbocycles. The molecule has 5 heteroatoms. The molecule has 0 bridgehead atoms. The molecule has 3 fully saturated rings. The first-order valence-electron chi connectivity index (χ1n) is 6.01. The van der Waals surface area contributed by atoms with Crippen molar-refractivity contribution in [3.05, 3.63) is 0 Å². The van der Waals surface area contributed by atoms with E-state index in [1.807, 2.05) is 16.7 Å². The molecule has 0 radical (unpaired) electrons. The topological polar surface area (TPSA) is 52.6 Å². The number of nitrogens with one attached hydrogen (secondary N) is 1. The van der Waals surface area contributed by atoms with Crippen molar-refractivity contribution >= 4 is 17.7 Å². The van der Waals surface area contributed by atoms with Crippen molar-refractivity contribution in [1.29, 1.82) is 0 Å². The fourth-order valence-electron chi connectivity index (χ4n) is 2.59. The summed E-state index contributed by atoms with van der Waals surface area (Å²) in [5.41, 5.74) is -0.544. The molecular weight excluding hydrogens is 224 g/mol. The predicted molar refractivity (Wildman–Crippen MR) is 63.4 cm³/mol. The molecule has 1 atom stereocenters. The van der Waals surface area contributed by atoms with Crippen molar-refractivity contribution in [1.82, 2.24) is 10.2 Å². The molecule has 0 aromatic carbocycles. The molecule has 16 heavy (non-hydrogen) atoms. The van der Waals surface area contributed by atoms with Crippen LogP contribution in [0.5, 0.6) is 0 Å². The van der Waals surface area contributed by atoms with Crippen molar-refractivity contribution in [2.75, 3.05) is 31.1 Å². The molecule has 1 amide bonds. The molecule has 2 aliphatic heterocycles. The molecule has 4 nitrogen and oxygen atoms in total. The van der Waals surface area contributed by atoms with E-state index in [-0.39, 0.29) is 11.9 Å². The van der Waals surface area contributed by atoms with Gasteiger partial charge in [-0.25, -0.2) is 0 Å². The number of hydrogen-bond acceptors (Lipinski definition) is 4. The minimum Gasteiger partial charge on any atom is -0.386 e. The first-order chi connectivity index (χ1) is 7.69. The molecular formula is C11H18N2O2S. The summed E-state index contributed by atoms with van der Waals surface area (Å²) >= 11 is 1.83. The number of carbonyl (C=O) groups excluding carboxylic acids is 1. The average molecular weight is 242 g/mol. The maximum absolute atomic E-state index is 12.1. The minimum absolute atomic E-state index is 0.0255. The second-order valence-corrected chi connectivity index (χ2v) is 6.30. The number of β-amino-alcohol motifs (C(OH)–C–C–N with tert-alkyl or cyclic N) is 1. The highest BCUT2D eigenvalue weighted by Gasteiger charge is 2.53. The summed E-state index contributed by atoms with van der Waals surface area (Å²) in [5, 5.41) is 13.4. The number of hydrogen-bond donors (Lipinski definition) is 2. The van der Waals surface area contributed by atoms with Crippen molar-refractivity contribution in [3.63, 3.8) is 0 Å². The predicted octanol–water partition coefficient (Wildman–Crippen LogP) is -0.325. The summed E-state index contributed by atoms with van der Waals surface area (Å²) in [6.07, 6.45) is 2.27. The van der Waals surface area contributed by atoms with Crippen LogP contribution in [0.2, 0.25) is 0 Å². The van der Waals surface area contributed by atoms with Gasteiger partial charge >= 0.3 is 0 Å². The smallest absolute Gasteiger partial charge is 0.240 e. The van der Waals surface area contributed by atoms with Crippen LogP contribution in [0.25, 0.3) is 0 Å². The van der Waals surface area contributed by atoms with Crippen LogP contribution in [-0.2, 0) is 4.79 Å². The monoisotopic (exact) mass is 242 g/mol. The van der Waals surface area contributed by atoms with Crippen LogP contribution in [0.3, 0.4) is 0 Å². The van der Waals surface area contributed by atoms with Gasteiger partial charge in [-0.1, -0.05) is 0 Å². The van der Waals surface area contributed by atoms with Gasteiger partial charge in [-0.15, -0.1) is 0 Å². The van der Waals surface area contributed by atoms with Gasteiger partial charge < -0.3 is 15.3 Å². The van der Waals surface area contributed by atoms with Crippen LogP contribution in [0.1, 0.15) is 12.8 Å². The van der Waals surface area contributed by atoms with Crippen molar-refractivity contribution in [3.8, 4) is 0 Å². The summed E-state index contributed by atoms with van der Waals surface area (Å²) in [4.78, 5) is 13.9. The van der Waals surface area contributed by atoms with Gasteiger partial charge in [0.15, 0.2) is 0 Å². The van der Waals surface area contributed by atoms with Crippen LogP contribution < -0.4 is 5.32 Å². The van der Waals surface area contributed by atoms with E-state index in [4.69, 9.17) is 0 Å². The van der Waals surface area contributed by atoms with E-state index in [0.29, 0.717) is 19.0 Å². The van der Waals surface area contributed by atoms with Gasteiger partial charge in [0.05, 0.1) is 19.1 Å². The number of nitrogens with zero attached hydrogens (tertiary/aromatic N) is 1. The Kier molecular flexibility index (Phi) is 2.64. The second-order valence-electron chi connectivity index (χ2n) is 5.15. The van der Waals surface area contributed by atoms with Crippen molar-refractivity contribution < 1.29 is 9.90 Å². The Labute approximate surface area is 99.8 Å². The molecule has 3 aliphatic rings. The van der Waals surface area contributed by atoms with E-state index < -0.39 is 5.60 Å². The van der Waals surface area contributed by atoms with Crippen molar-refractivity contribution in [2.24, 2.45) is 5.92 Å². The Morgan fingerprint density at radius 3 is 2.75 bits per heavy atom. The van der Waals surface area contributed by atoms with E-state index in [0.717, 1.165) is 30.9 Å². The quantitative estimate of drug-likeness (QED) is 0.696. The van der Waals surface area contributed by atoms with Crippen molar-refractivity contribution in [2.45, 2.75) is 24.5 Å². The van der Waals surface area contributed by atoms with E-state index in [1.165, 1.54) is 0 Å². The third-order valence-corrected chi connectivity index (χ3v) is 4.86. The third kappa shape index (κ3) is 1.85. The van der Waals surface area contributed by atoms with Gasteiger partial charge in [0.2, 0.25) is 5.91 Å². The first kappa shape index (κ1) is 10.9. The number of likely N-dealkylation sites (tertiary alicyclic amines) is 1. The zero-order chi connectivity index (χ0) is 11.2. The molecule has 0 spiro atoms. The molecule has 1 saturated carbocycles. The second kappa shape index (κ2) is 3.89. The van der Waals surface area contributed by atoms with Crippen LogP contribution in [0.4, 0.5) is 0 Å². The van der Waals surface area contributed by atoms with Gasteiger partial charge in [-0.2, -0.15) is 11.8 Å². The highest BCUT2D eigenvalue weighted by Crippen LogP contribution is 2.44. The lowest BCUT2D eigenvalue weighted by Crippen LogP contribution is -2.67. The highest BCUT2D eigenvalue weighted by molar-refractivity contribution is 7.99. The Balaban J connectivity index is 1.53. The molecule has 0 aromatic heterocycles. The molecule has 90 valence electrons. The van der Waals surface area contributed by atoms with E-state index in [2.05, 4.69) is 5.32 Å². The Morgan fingerprint density at radius 2 is 2.19 bits per heavy atom. The summed E-state index contributed by atoms with van der Waals surface area (Å²) in [6, 6.07) is -0.0255. The molecule has 2 saturated heterocycles. The highest BCUT2D eigenvalue weighted by atomic mass is 32.2. The molecule has 2 N–H and O–H groups in total. The summed E-state index contributed by atoms with van der Waals surface area (Å²) in [7, 11) is 0. The lowest BCUT2D eigenvalue weighted by atomic mass is 9.88. The third-order valence-electron chi connectivity index (χ3n) is 3.80. The number of thioether (sulfide) groups is 1. The van der Waals surface area contributed by atoms with Crippen LogP contribution >= 0.6 is 11.8 Å². The van der Waals surface area contributed by atoms with Gasteiger partial charge in [-0.05, 0) is 18.8 Å². The number of carbonyl (C=O) groups is 1. The summed E-state index contributed by atoms with van der Waals surface area (Å²) in [5.74, 6) is 2.61. The zero-order valence-electron chi connectivity index (χ0n) is 9.32. The van der Waals surface area contributed by atoms with E-state index in [1.54, 1.807) is 0 Å². The maximum atomic E-state index is 12.1. The largest absolute Gasteiger partial charge is 0.386 e. The number of amides is 1. The van der Waals surface area contributed by atoms with Gasteiger partial charge in [0.25, 0.3) is 0 Å². The Hall–Kier alpha value is -0.260. The van der Waals surface area contributed by atoms with Gasteiger partial charge in [-0.3, -0.25) is 4.79 Å². The van der Waals surface area contributed by atoms with Gasteiger partial charge in [0, 0.05) is 18.1 Å². The lowest BCUT2D eigenvalue weighted by Gasteiger charge is -2.48. The SMILES string of the molecule is O=C(C1CSCCN1)N1CC(O)(C2CC2)C1. The average Bonchev–Trinajstić information content (AvgIpc) is 3.09. The number of aliphatic hydroxyl groups is 1. The number of rotatable bonds is 2. The summed E-state index contributed by atoms with van der Waals surface area (Å²) < 4.78 is 0. The summed E-state index contributed by atoms with van der Waals surface area (Å²) in [6.45, 7) is 2.03. The zero-order valence-corrected chi connectivity index (χ0v) is 10.1. The molecule has 2 heterocycles. The Bertz CT molecular complexity index is 294. The van der Waals surface area contributed by atoms with Crippen LogP contribution in [0.15, 0.2) is 0 Å². The Morgan fingerprint density at radius 1 is 1.44 bits per heavy atom. The molecule has 0 aromatic rings. The van der Waals surface area contributed by atoms with Crippen LogP contribution in [0, 0.1) is 5.92 Å². The standard InChI is InChI=1S/C11H18N2O2S/c14-10(9-5-16-4-3-12-9)13-6-11(15,7-13)8-1-2-8/h8-9,12,15H,1-7H2. The minimum atomic E-state index is -0.544. The molecule has 3 rings (SSSR count). The van der Waals surface area contributed by atoms with E-state index in [9.17, 15) is 9.90 Å². The normalized spacial score (nSPS) is 33.3. The lowest BCUT2D eigenvalue weighted by molar-refractivity contribution is -0.160. The molecule has 1 unspecified atom stereocenters. The fourth-order valence-corrected chi connectivity index (χ4v) is 3.52. The van der Waals surface area contributed by atoms with E-state index >= 15 is 0 Å². The fraction of sp³-hybridized carbons (Fsp3) is 0.909. The van der Waals surface area contributed by atoms with Gasteiger partial charge in [0.1, 0.15) is 5.60 Å².